The molecule has 1 aromatic rings. The van der Waals surface area contributed by atoms with Gasteiger partial charge in [0.05, 0.1) is 6.61 Å². The summed E-state index contributed by atoms with van der Waals surface area (Å²) in [7, 11) is 1.70. The van der Waals surface area contributed by atoms with Gasteiger partial charge in [0, 0.05) is 17.8 Å². The molecule has 70 valence electrons. The first kappa shape index (κ1) is 8.91. The van der Waals surface area contributed by atoms with Gasteiger partial charge >= 0.3 is 0 Å². The Balaban J connectivity index is 2.11. The van der Waals surface area contributed by atoms with E-state index in [2.05, 4.69) is 6.07 Å². The Morgan fingerprint density at radius 2 is 2.38 bits per heavy atom. The lowest BCUT2D eigenvalue weighted by Crippen LogP contribution is -2.27. The quantitative estimate of drug-likeness (QED) is 0.722. The zero-order chi connectivity index (χ0) is 9.10. The molecule has 0 spiro atoms. The molecule has 13 heavy (non-hydrogen) atoms. The van der Waals surface area contributed by atoms with Crippen LogP contribution in [0.5, 0.6) is 5.75 Å². The molecule has 1 atom stereocenters. The summed E-state index contributed by atoms with van der Waals surface area (Å²) in [5.41, 5.74) is 0. The number of fused-ring (bicyclic) bond motifs is 1. The first-order chi connectivity index (χ1) is 6.40. The summed E-state index contributed by atoms with van der Waals surface area (Å²) in [6.45, 7) is 0.668. The van der Waals surface area contributed by atoms with E-state index in [0.717, 1.165) is 11.5 Å². The van der Waals surface area contributed by atoms with Crippen LogP contribution in [0.2, 0.25) is 0 Å². The van der Waals surface area contributed by atoms with Crippen LogP contribution in [0.15, 0.2) is 29.2 Å². The Hall–Kier alpha value is -0.670. The van der Waals surface area contributed by atoms with E-state index in [4.69, 9.17) is 9.47 Å². The van der Waals surface area contributed by atoms with Crippen molar-refractivity contribution in [3.05, 3.63) is 24.3 Å². The molecule has 0 saturated carbocycles. The number of rotatable bonds is 2. The summed E-state index contributed by atoms with van der Waals surface area (Å²) in [4.78, 5) is 1.23. The van der Waals surface area contributed by atoms with Crippen molar-refractivity contribution in [3.63, 3.8) is 0 Å². The Kier molecular flexibility index (Phi) is 2.76. The van der Waals surface area contributed by atoms with Gasteiger partial charge in [0.2, 0.25) is 0 Å². The van der Waals surface area contributed by atoms with Crippen LogP contribution >= 0.6 is 11.8 Å². The summed E-state index contributed by atoms with van der Waals surface area (Å²) in [5.74, 6) is 1.96. The molecular formula is C10H12O2S. The molecule has 2 nitrogen and oxygen atoms in total. The van der Waals surface area contributed by atoms with Gasteiger partial charge < -0.3 is 9.47 Å². The molecule has 1 heterocycles. The minimum Gasteiger partial charge on any atom is -0.486 e. The van der Waals surface area contributed by atoms with Crippen molar-refractivity contribution >= 4 is 11.8 Å². The third-order valence-electron chi connectivity index (χ3n) is 1.92. The van der Waals surface area contributed by atoms with Gasteiger partial charge in [-0.25, -0.2) is 0 Å². The predicted molar refractivity (Wildman–Crippen MR) is 53.5 cm³/mol. The maximum Gasteiger partial charge on any atom is 0.133 e. The summed E-state index contributed by atoms with van der Waals surface area (Å²) in [5, 5.41) is 0. The van der Waals surface area contributed by atoms with E-state index in [0.29, 0.717) is 6.61 Å². The molecule has 0 fully saturated rings. The van der Waals surface area contributed by atoms with Crippen molar-refractivity contribution in [2.45, 2.75) is 11.0 Å². The average molecular weight is 196 g/mol. The maximum absolute atomic E-state index is 5.73. The third-order valence-corrected chi connectivity index (χ3v) is 3.11. The minimum absolute atomic E-state index is 0.199. The highest BCUT2D eigenvalue weighted by atomic mass is 32.2. The summed E-state index contributed by atoms with van der Waals surface area (Å²) in [6.07, 6.45) is 0.199. The average Bonchev–Trinajstić information content (AvgIpc) is 2.18. The highest BCUT2D eigenvalue weighted by molar-refractivity contribution is 7.99. The van der Waals surface area contributed by atoms with Crippen molar-refractivity contribution in [3.8, 4) is 5.75 Å². The van der Waals surface area contributed by atoms with Crippen molar-refractivity contribution in [1.29, 1.82) is 0 Å². The van der Waals surface area contributed by atoms with Gasteiger partial charge in [0.1, 0.15) is 11.9 Å². The van der Waals surface area contributed by atoms with Gasteiger partial charge in [0.15, 0.2) is 0 Å². The first-order valence-corrected chi connectivity index (χ1v) is 5.26. The molecular weight excluding hydrogens is 184 g/mol. The zero-order valence-electron chi connectivity index (χ0n) is 7.53. The molecule has 0 radical (unpaired) electrons. The van der Waals surface area contributed by atoms with Crippen molar-refractivity contribution in [2.24, 2.45) is 0 Å². The SMILES string of the molecule is COC[C@@H]1CSc2ccccc2O1. The molecule has 0 saturated heterocycles. The van der Waals surface area contributed by atoms with E-state index in [9.17, 15) is 0 Å². The molecule has 1 aromatic carbocycles. The second kappa shape index (κ2) is 4.03. The molecule has 0 amide bonds. The number of thioether (sulfide) groups is 1. The van der Waals surface area contributed by atoms with Crippen LogP contribution in [0.25, 0.3) is 0 Å². The van der Waals surface area contributed by atoms with E-state index in [1.807, 2.05) is 30.0 Å². The van der Waals surface area contributed by atoms with Gasteiger partial charge in [-0.1, -0.05) is 12.1 Å². The third kappa shape index (κ3) is 1.98. The van der Waals surface area contributed by atoms with E-state index < -0.39 is 0 Å². The maximum atomic E-state index is 5.73. The van der Waals surface area contributed by atoms with E-state index in [-0.39, 0.29) is 6.10 Å². The van der Waals surface area contributed by atoms with Gasteiger partial charge in [0.25, 0.3) is 0 Å². The largest absolute Gasteiger partial charge is 0.486 e. The molecule has 1 aliphatic rings. The van der Waals surface area contributed by atoms with E-state index >= 15 is 0 Å². The number of para-hydroxylation sites is 1. The fraction of sp³-hybridized carbons (Fsp3) is 0.400. The Labute approximate surface area is 82.2 Å². The molecule has 0 aliphatic carbocycles. The summed E-state index contributed by atoms with van der Waals surface area (Å²) in [6, 6.07) is 8.12. The fourth-order valence-electron chi connectivity index (χ4n) is 1.33. The second-order valence-corrected chi connectivity index (χ2v) is 4.01. The topological polar surface area (TPSA) is 18.5 Å². The second-order valence-electron chi connectivity index (χ2n) is 2.95. The van der Waals surface area contributed by atoms with E-state index in [1.165, 1.54) is 4.90 Å². The summed E-state index contributed by atoms with van der Waals surface area (Å²) >= 11 is 1.83. The molecule has 0 unspecified atom stereocenters. The van der Waals surface area contributed by atoms with Crippen LogP contribution in [0, 0.1) is 0 Å². The van der Waals surface area contributed by atoms with Crippen LogP contribution in [-0.4, -0.2) is 25.6 Å². The molecule has 1 aliphatic heterocycles. The molecule has 2 rings (SSSR count). The van der Waals surface area contributed by atoms with Crippen molar-refractivity contribution < 1.29 is 9.47 Å². The van der Waals surface area contributed by atoms with Crippen LogP contribution < -0.4 is 4.74 Å². The lowest BCUT2D eigenvalue weighted by Gasteiger charge is -2.24. The molecule has 3 heteroatoms. The van der Waals surface area contributed by atoms with Crippen LogP contribution in [0.1, 0.15) is 0 Å². The highest BCUT2D eigenvalue weighted by Crippen LogP contribution is 2.34. The Bertz CT molecular complexity index is 288. The highest BCUT2D eigenvalue weighted by Gasteiger charge is 2.19. The Morgan fingerprint density at radius 3 is 3.23 bits per heavy atom. The van der Waals surface area contributed by atoms with Gasteiger partial charge in [-0.05, 0) is 12.1 Å². The van der Waals surface area contributed by atoms with Crippen molar-refractivity contribution in [2.75, 3.05) is 19.5 Å². The van der Waals surface area contributed by atoms with Gasteiger partial charge in [-0.2, -0.15) is 0 Å². The smallest absolute Gasteiger partial charge is 0.133 e. The monoisotopic (exact) mass is 196 g/mol. The minimum atomic E-state index is 0.199. The van der Waals surface area contributed by atoms with Crippen LogP contribution in [-0.2, 0) is 4.74 Å². The van der Waals surface area contributed by atoms with Crippen molar-refractivity contribution in [1.82, 2.24) is 0 Å². The number of benzene rings is 1. The Morgan fingerprint density at radius 1 is 1.54 bits per heavy atom. The number of ether oxygens (including phenoxy) is 2. The van der Waals surface area contributed by atoms with Gasteiger partial charge in [-0.3, -0.25) is 0 Å². The number of hydrogen-bond acceptors (Lipinski definition) is 3. The number of hydrogen-bond donors (Lipinski definition) is 0. The lowest BCUT2D eigenvalue weighted by molar-refractivity contribution is 0.0906. The standard InChI is InChI=1S/C10H12O2S/c1-11-6-8-7-13-10-5-3-2-4-9(10)12-8/h2-5,8H,6-7H2,1H3/t8-/m1/s1. The predicted octanol–water partition coefficient (Wildman–Crippen LogP) is 2.19. The van der Waals surface area contributed by atoms with E-state index in [1.54, 1.807) is 7.11 Å². The first-order valence-electron chi connectivity index (χ1n) is 4.27. The number of methoxy groups -OCH3 is 1. The van der Waals surface area contributed by atoms with Crippen LogP contribution in [0.4, 0.5) is 0 Å². The summed E-state index contributed by atoms with van der Waals surface area (Å²) < 4.78 is 10.8. The molecule has 0 N–H and O–H groups in total. The lowest BCUT2D eigenvalue weighted by atomic mass is 10.3. The fourth-order valence-corrected chi connectivity index (χ4v) is 2.29. The molecule has 0 aromatic heterocycles. The normalized spacial score (nSPS) is 20.5. The zero-order valence-corrected chi connectivity index (χ0v) is 8.34. The van der Waals surface area contributed by atoms with Gasteiger partial charge in [-0.15, -0.1) is 11.8 Å². The van der Waals surface area contributed by atoms with Crippen LogP contribution in [0.3, 0.4) is 0 Å². The molecule has 0 bridgehead atoms.